The molecule has 0 aliphatic carbocycles. The van der Waals surface area contributed by atoms with Gasteiger partial charge in [-0.3, -0.25) is 0 Å². The summed E-state index contributed by atoms with van der Waals surface area (Å²) in [7, 11) is 0. The summed E-state index contributed by atoms with van der Waals surface area (Å²) in [5.41, 5.74) is 1.86. The molecular formula is C25H24ClN9O2. The van der Waals surface area contributed by atoms with Crippen molar-refractivity contribution in [1.82, 2.24) is 34.5 Å². The minimum Gasteiger partial charge on any atom is -0.456 e. The quantitative estimate of drug-likeness (QED) is 0.337. The number of benzene rings is 1. The highest BCUT2D eigenvalue weighted by Crippen LogP contribution is 2.34. The first-order valence-corrected chi connectivity index (χ1v) is 12.2. The van der Waals surface area contributed by atoms with Crippen molar-refractivity contribution in [3.8, 4) is 11.5 Å². The Hall–Kier alpha value is -4.09. The van der Waals surface area contributed by atoms with Crippen LogP contribution in [-0.4, -0.2) is 58.3 Å². The second-order valence-electron chi connectivity index (χ2n) is 9.51. The lowest BCUT2D eigenvalue weighted by molar-refractivity contribution is 0.0263. The molecule has 5 aromatic rings. The molecule has 1 saturated heterocycles. The van der Waals surface area contributed by atoms with Crippen LogP contribution in [0.2, 0.25) is 5.02 Å². The van der Waals surface area contributed by atoms with E-state index in [1.807, 2.05) is 19.9 Å². The van der Waals surface area contributed by atoms with Gasteiger partial charge in [-0.1, -0.05) is 11.6 Å². The van der Waals surface area contributed by atoms with Gasteiger partial charge in [-0.25, -0.2) is 29.4 Å². The number of aromatic nitrogens is 7. The molecule has 5 heterocycles. The molecule has 2 N–H and O–H groups in total. The molecule has 11 nitrogen and oxygen atoms in total. The van der Waals surface area contributed by atoms with Crippen LogP contribution in [-0.2, 0) is 0 Å². The van der Waals surface area contributed by atoms with E-state index >= 15 is 0 Å². The molecule has 0 radical (unpaired) electrons. The number of pyridine rings is 1. The van der Waals surface area contributed by atoms with Crippen molar-refractivity contribution in [2.24, 2.45) is 5.92 Å². The molecule has 0 amide bonds. The maximum absolute atomic E-state index is 10.4. The predicted octanol–water partition coefficient (Wildman–Crippen LogP) is 4.25. The van der Waals surface area contributed by atoms with Gasteiger partial charge in [0.25, 0.3) is 0 Å². The van der Waals surface area contributed by atoms with E-state index in [1.165, 1.54) is 12.7 Å². The van der Waals surface area contributed by atoms with Crippen molar-refractivity contribution >= 4 is 45.7 Å². The number of hydrogen-bond acceptors (Lipinski definition) is 10. The number of fused-ring (bicyclic) bond motifs is 2. The number of halogens is 1. The fourth-order valence-corrected chi connectivity index (χ4v) is 4.61. The van der Waals surface area contributed by atoms with Gasteiger partial charge in [0.2, 0.25) is 5.95 Å². The first-order chi connectivity index (χ1) is 17.8. The molecule has 12 heteroatoms. The second kappa shape index (κ2) is 9.09. The molecule has 1 atom stereocenters. The molecule has 1 aliphatic heterocycles. The highest BCUT2D eigenvalue weighted by Gasteiger charge is 2.34. The summed E-state index contributed by atoms with van der Waals surface area (Å²) in [6.07, 6.45) is 7.28. The Morgan fingerprint density at radius 2 is 2.00 bits per heavy atom. The number of nitrogens with zero attached hydrogens (tertiary/aromatic N) is 8. The SMILES string of the molecule is CC(C)(O)[C@@H]1CCN(c2ncc3ncnc(Nc4ccc(Oc5ccn6ncnc6c5)c(Cl)c4)c3n2)C1. The van der Waals surface area contributed by atoms with Crippen LogP contribution < -0.4 is 15.0 Å². The summed E-state index contributed by atoms with van der Waals surface area (Å²) in [4.78, 5) is 24.2. The lowest BCUT2D eigenvalue weighted by atomic mass is 9.91. The zero-order chi connectivity index (χ0) is 25.6. The van der Waals surface area contributed by atoms with E-state index in [1.54, 1.807) is 41.2 Å². The van der Waals surface area contributed by atoms with Gasteiger partial charge >= 0.3 is 0 Å². The normalized spacial score (nSPS) is 16.0. The molecule has 37 heavy (non-hydrogen) atoms. The molecule has 0 unspecified atom stereocenters. The van der Waals surface area contributed by atoms with Crippen LogP contribution in [0.3, 0.4) is 0 Å². The number of ether oxygens (including phenoxy) is 1. The molecule has 1 aliphatic rings. The molecular weight excluding hydrogens is 494 g/mol. The van der Waals surface area contributed by atoms with E-state index < -0.39 is 5.60 Å². The Kier molecular flexibility index (Phi) is 5.73. The molecule has 188 valence electrons. The van der Waals surface area contributed by atoms with Gasteiger partial charge in [0.1, 0.15) is 35.2 Å². The lowest BCUT2D eigenvalue weighted by Gasteiger charge is -2.25. The van der Waals surface area contributed by atoms with Crippen molar-refractivity contribution < 1.29 is 9.84 Å². The van der Waals surface area contributed by atoms with E-state index in [-0.39, 0.29) is 5.92 Å². The van der Waals surface area contributed by atoms with Gasteiger partial charge in [-0.15, -0.1) is 0 Å². The second-order valence-corrected chi connectivity index (χ2v) is 9.92. The van der Waals surface area contributed by atoms with Gasteiger partial charge in [0.15, 0.2) is 11.5 Å². The summed E-state index contributed by atoms with van der Waals surface area (Å²) in [6, 6.07) is 8.96. The van der Waals surface area contributed by atoms with Crippen molar-refractivity contribution in [3.05, 3.63) is 60.4 Å². The average molecular weight is 518 g/mol. The van der Waals surface area contributed by atoms with Crippen molar-refractivity contribution in [3.63, 3.8) is 0 Å². The standard InChI is InChI=1S/C25H24ClN9O2/c1-25(2,36)15-5-7-34(12-15)24-27-11-19-22(33-24)23(30-13-28-19)32-16-3-4-20(18(26)9-16)37-17-6-8-35-21(10-17)29-14-31-35/h3-4,6,8-11,13-15,36H,5,7,12H2,1-2H3,(H,28,30,32)/t15-/m1/s1. The summed E-state index contributed by atoms with van der Waals surface area (Å²) in [6.45, 7) is 5.15. The van der Waals surface area contributed by atoms with Crippen LogP contribution in [0.25, 0.3) is 16.7 Å². The predicted molar refractivity (Wildman–Crippen MR) is 140 cm³/mol. The molecule has 0 spiro atoms. The fraction of sp³-hybridized carbons (Fsp3) is 0.280. The van der Waals surface area contributed by atoms with E-state index in [0.29, 0.717) is 57.2 Å². The average Bonchev–Trinajstić information content (AvgIpc) is 3.55. The van der Waals surface area contributed by atoms with Crippen LogP contribution in [0, 0.1) is 5.92 Å². The van der Waals surface area contributed by atoms with Gasteiger partial charge in [0, 0.05) is 37.0 Å². The monoisotopic (exact) mass is 517 g/mol. The lowest BCUT2D eigenvalue weighted by Crippen LogP contribution is -2.33. The molecule has 0 saturated carbocycles. The summed E-state index contributed by atoms with van der Waals surface area (Å²) in [5.74, 6) is 2.38. The smallest absolute Gasteiger partial charge is 0.226 e. The third-order valence-corrected chi connectivity index (χ3v) is 6.80. The number of hydrogen-bond donors (Lipinski definition) is 2. The summed E-state index contributed by atoms with van der Waals surface area (Å²) >= 11 is 6.54. The molecule has 0 bridgehead atoms. The number of anilines is 3. The van der Waals surface area contributed by atoms with Gasteiger partial charge in [-0.05, 0) is 44.5 Å². The largest absolute Gasteiger partial charge is 0.456 e. The van der Waals surface area contributed by atoms with Crippen LogP contribution >= 0.6 is 11.6 Å². The highest BCUT2D eigenvalue weighted by atomic mass is 35.5. The topological polar surface area (TPSA) is 126 Å². The highest BCUT2D eigenvalue weighted by molar-refractivity contribution is 6.32. The van der Waals surface area contributed by atoms with Gasteiger partial charge in [-0.2, -0.15) is 5.10 Å². The Morgan fingerprint density at radius 3 is 2.81 bits per heavy atom. The van der Waals surface area contributed by atoms with Gasteiger partial charge < -0.3 is 20.1 Å². The zero-order valence-electron chi connectivity index (χ0n) is 20.2. The van der Waals surface area contributed by atoms with Crippen molar-refractivity contribution in [2.45, 2.75) is 25.9 Å². The van der Waals surface area contributed by atoms with Crippen LogP contribution in [0.15, 0.2) is 55.4 Å². The zero-order valence-corrected chi connectivity index (χ0v) is 21.0. The molecule has 6 rings (SSSR count). The first-order valence-electron chi connectivity index (χ1n) is 11.8. The Labute approximate surface area is 217 Å². The minimum atomic E-state index is -0.750. The maximum Gasteiger partial charge on any atom is 0.226 e. The molecule has 1 aromatic carbocycles. The number of nitrogens with one attached hydrogen (secondary N) is 1. The third kappa shape index (κ3) is 4.70. The number of aliphatic hydroxyl groups is 1. The third-order valence-electron chi connectivity index (χ3n) is 6.51. The van der Waals surface area contributed by atoms with Crippen LogP contribution in [0.4, 0.5) is 17.5 Å². The van der Waals surface area contributed by atoms with Crippen LogP contribution in [0.5, 0.6) is 11.5 Å². The molecule has 4 aromatic heterocycles. The van der Waals surface area contributed by atoms with Gasteiger partial charge in [0.05, 0.1) is 16.8 Å². The van der Waals surface area contributed by atoms with Crippen LogP contribution in [0.1, 0.15) is 20.3 Å². The number of rotatable bonds is 6. The first kappa shape index (κ1) is 23.3. The van der Waals surface area contributed by atoms with Crippen molar-refractivity contribution in [1.29, 1.82) is 0 Å². The van der Waals surface area contributed by atoms with E-state index in [2.05, 4.69) is 35.3 Å². The summed E-state index contributed by atoms with van der Waals surface area (Å²) in [5, 5.41) is 18.2. The van der Waals surface area contributed by atoms with Crippen molar-refractivity contribution in [2.75, 3.05) is 23.3 Å². The van der Waals surface area contributed by atoms with E-state index in [4.69, 9.17) is 21.3 Å². The van der Waals surface area contributed by atoms with E-state index in [9.17, 15) is 5.11 Å². The summed E-state index contributed by atoms with van der Waals surface area (Å²) < 4.78 is 7.61. The Morgan fingerprint density at radius 1 is 1.11 bits per heavy atom. The minimum absolute atomic E-state index is 0.151. The fourth-order valence-electron chi connectivity index (χ4n) is 4.39. The maximum atomic E-state index is 10.4. The van der Waals surface area contributed by atoms with E-state index in [0.717, 1.165) is 13.0 Å². The Bertz CT molecular complexity index is 1600. The Balaban J connectivity index is 1.23. The molecule has 1 fully saturated rings.